The minimum absolute atomic E-state index is 0.151. The minimum Gasteiger partial charge on any atom is -0.382 e. The Morgan fingerprint density at radius 3 is 2.81 bits per heavy atom. The number of benzene rings is 1. The van der Waals surface area contributed by atoms with E-state index in [0.29, 0.717) is 19.8 Å². The van der Waals surface area contributed by atoms with Gasteiger partial charge >= 0.3 is 0 Å². The van der Waals surface area contributed by atoms with Crippen molar-refractivity contribution in [3.05, 3.63) is 29.8 Å². The van der Waals surface area contributed by atoms with Crippen molar-refractivity contribution in [2.45, 2.75) is 32.9 Å². The van der Waals surface area contributed by atoms with E-state index in [1.165, 1.54) is 0 Å². The number of anilines is 1. The number of methoxy groups -OCH3 is 1. The van der Waals surface area contributed by atoms with Gasteiger partial charge in [0.15, 0.2) is 0 Å². The number of nitrogens with one attached hydrogen (secondary N) is 1. The van der Waals surface area contributed by atoms with Crippen molar-refractivity contribution < 1.29 is 14.3 Å². The Bertz CT molecular complexity index is 437. The fraction of sp³-hybridized carbons (Fsp3) is 0.562. The summed E-state index contributed by atoms with van der Waals surface area (Å²) >= 11 is 0. The van der Waals surface area contributed by atoms with E-state index in [1.807, 2.05) is 38.1 Å². The second-order valence-corrected chi connectivity index (χ2v) is 5.15. The van der Waals surface area contributed by atoms with Gasteiger partial charge in [-0.25, -0.2) is 0 Å². The summed E-state index contributed by atoms with van der Waals surface area (Å²) in [5.74, 6) is 0.00682. The average molecular weight is 294 g/mol. The summed E-state index contributed by atoms with van der Waals surface area (Å²) in [6.45, 7) is 5.61. The number of carbonyl (C=O) groups excluding carboxylic acids is 1. The molecule has 0 aliphatic rings. The van der Waals surface area contributed by atoms with Gasteiger partial charge in [-0.05, 0) is 23.6 Å². The predicted octanol–water partition coefficient (Wildman–Crippen LogP) is 2.16. The molecule has 21 heavy (non-hydrogen) atoms. The van der Waals surface area contributed by atoms with Crippen molar-refractivity contribution in [3.63, 3.8) is 0 Å². The lowest BCUT2D eigenvalue weighted by Crippen LogP contribution is -2.40. The van der Waals surface area contributed by atoms with Crippen LogP contribution in [0.15, 0.2) is 24.3 Å². The molecule has 1 aromatic rings. The Labute approximate surface area is 126 Å². The summed E-state index contributed by atoms with van der Waals surface area (Å²) < 4.78 is 10.4. The van der Waals surface area contributed by atoms with Crippen molar-refractivity contribution in [2.24, 2.45) is 11.7 Å². The fourth-order valence-electron chi connectivity index (χ4n) is 1.81. The number of nitrogens with two attached hydrogens (primary N) is 1. The standard InChI is InChI=1S/C16H26N2O3/c1-4-12(2)15(17)16(19)18-14-7-5-6-13(10-14)11-21-9-8-20-3/h5-7,10,12,15H,4,8-9,11,17H2,1-3H3,(H,18,19)/t12-,15-/m0/s1. The second-order valence-electron chi connectivity index (χ2n) is 5.15. The molecule has 0 saturated carbocycles. The first-order valence-electron chi connectivity index (χ1n) is 7.30. The van der Waals surface area contributed by atoms with E-state index >= 15 is 0 Å². The summed E-state index contributed by atoms with van der Waals surface area (Å²) in [7, 11) is 1.64. The summed E-state index contributed by atoms with van der Waals surface area (Å²) in [6.07, 6.45) is 0.877. The lowest BCUT2D eigenvalue weighted by Gasteiger charge is -2.18. The van der Waals surface area contributed by atoms with Crippen LogP contribution < -0.4 is 11.1 Å². The lowest BCUT2D eigenvalue weighted by molar-refractivity contribution is -0.118. The van der Waals surface area contributed by atoms with Crippen LogP contribution in [0, 0.1) is 5.92 Å². The number of rotatable bonds is 9. The summed E-state index contributed by atoms with van der Waals surface area (Å²) in [5.41, 5.74) is 7.66. The normalized spacial score (nSPS) is 13.7. The molecule has 0 unspecified atom stereocenters. The Morgan fingerprint density at radius 2 is 2.14 bits per heavy atom. The highest BCUT2D eigenvalue weighted by molar-refractivity contribution is 5.94. The Kier molecular flexibility index (Phi) is 7.97. The molecular weight excluding hydrogens is 268 g/mol. The third kappa shape index (κ3) is 6.25. The maximum absolute atomic E-state index is 12.0. The Hall–Kier alpha value is -1.43. The van der Waals surface area contributed by atoms with Crippen LogP contribution in [0.4, 0.5) is 5.69 Å². The van der Waals surface area contributed by atoms with Crippen LogP contribution in [0.3, 0.4) is 0 Å². The minimum atomic E-state index is -0.489. The number of amides is 1. The van der Waals surface area contributed by atoms with E-state index < -0.39 is 6.04 Å². The molecule has 0 aliphatic heterocycles. The van der Waals surface area contributed by atoms with Gasteiger partial charge in [0.1, 0.15) is 0 Å². The van der Waals surface area contributed by atoms with Crippen LogP contribution >= 0.6 is 0 Å². The van der Waals surface area contributed by atoms with E-state index in [-0.39, 0.29) is 11.8 Å². The zero-order chi connectivity index (χ0) is 15.7. The van der Waals surface area contributed by atoms with E-state index in [1.54, 1.807) is 7.11 Å². The van der Waals surface area contributed by atoms with E-state index in [9.17, 15) is 4.79 Å². The van der Waals surface area contributed by atoms with Gasteiger partial charge in [0.25, 0.3) is 0 Å². The summed E-state index contributed by atoms with van der Waals surface area (Å²) in [4.78, 5) is 12.0. The first-order chi connectivity index (χ1) is 10.1. The largest absolute Gasteiger partial charge is 0.382 e. The molecule has 2 atom stereocenters. The maximum atomic E-state index is 12.0. The smallest absolute Gasteiger partial charge is 0.241 e. The monoisotopic (exact) mass is 294 g/mol. The highest BCUT2D eigenvalue weighted by Crippen LogP contribution is 2.13. The number of ether oxygens (including phenoxy) is 2. The summed E-state index contributed by atoms with van der Waals surface area (Å²) in [6, 6.07) is 7.10. The maximum Gasteiger partial charge on any atom is 0.241 e. The predicted molar refractivity (Wildman–Crippen MR) is 84.0 cm³/mol. The molecule has 1 amide bonds. The molecular formula is C16H26N2O3. The Balaban J connectivity index is 2.53. The van der Waals surface area contributed by atoms with Gasteiger partial charge in [-0.1, -0.05) is 32.4 Å². The third-order valence-electron chi connectivity index (χ3n) is 3.45. The summed E-state index contributed by atoms with van der Waals surface area (Å²) in [5, 5.41) is 2.85. The molecule has 0 aliphatic carbocycles. The Morgan fingerprint density at radius 1 is 1.38 bits per heavy atom. The SMILES string of the molecule is CC[C@H](C)[C@H](N)C(=O)Nc1cccc(COCCOC)c1. The lowest BCUT2D eigenvalue weighted by atomic mass is 9.99. The topological polar surface area (TPSA) is 73.6 Å². The zero-order valence-electron chi connectivity index (χ0n) is 13.1. The van der Waals surface area contributed by atoms with Gasteiger partial charge in [-0.15, -0.1) is 0 Å². The molecule has 1 rings (SSSR count). The van der Waals surface area contributed by atoms with Crippen LogP contribution in [-0.2, 0) is 20.9 Å². The molecule has 5 heteroatoms. The quantitative estimate of drug-likeness (QED) is 0.685. The molecule has 0 heterocycles. The van der Waals surface area contributed by atoms with Crippen molar-refractivity contribution in [1.82, 2.24) is 0 Å². The number of hydrogen-bond acceptors (Lipinski definition) is 4. The highest BCUT2D eigenvalue weighted by Gasteiger charge is 2.19. The molecule has 0 radical (unpaired) electrons. The molecule has 3 N–H and O–H groups in total. The van der Waals surface area contributed by atoms with Gasteiger partial charge < -0.3 is 20.5 Å². The van der Waals surface area contributed by atoms with Crippen LogP contribution in [0.25, 0.3) is 0 Å². The van der Waals surface area contributed by atoms with Gasteiger partial charge in [-0.3, -0.25) is 4.79 Å². The first-order valence-corrected chi connectivity index (χ1v) is 7.30. The van der Waals surface area contributed by atoms with Crippen molar-refractivity contribution in [1.29, 1.82) is 0 Å². The van der Waals surface area contributed by atoms with Crippen LogP contribution in [0.5, 0.6) is 0 Å². The average Bonchev–Trinajstić information content (AvgIpc) is 2.50. The van der Waals surface area contributed by atoms with Crippen molar-refractivity contribution in [2.75, 3.05) is 25.6 Å². The van der Waals surface area contributed by atoms with Gasteiger partial charge in [0.2, 0.25) is 5.91 Å². The van der Waals surface area contributed by atoms with Crippen molar-refractivity contribution >= 4 is 11.6 Å². The van der Waals surface area contributed by atoms with Crippen LogP contribution in [0.2, 0.25) is 0 Å². The molecule has 0 saturated heterocycles. The second kappa shape index (κ2) is 9.50. The van der Waals surface area contributed by atoms with Gasteiger partial charge in [0.05, 0.1) is 25.9 Å². The van der Waals surface area contributed by atoms with E-state index in [2.05, 4.69) is 5.32 Å². The molecule has 0 bridgehead atoms. The molecule has 1 aromatic carbocycles. The highest BCUT2D eigenvalue weighted by atomic mass is 16.5. The van der Waals surface area contributed by atoms with Crippen LogP contribution in [0.1, 0.15) is 25.8 Å². The fourth-order valence-corrected chi connectivity index (χ4v) is 1.81. The van der Waals surface area contributed by atoms with Gasteiger partial charge in [-0.2, -0.15) is 0 Å². The van der Waals surface area contributed by atoms with E-state index in [4.69, 9.17) is 15.2 Å². The zero-order valence-corrected chi connectivity index (χ0v) is 13.1. The van der Waals surface area contributed by atoms with Crippen LogP contribution in [-0.4, -0.2) is 32.3 Å². The molecule has 0 spiro atoms. The van der Waals surface area contributed by atoms with Crippen molar-refractivity contribution in [3.8, 4) is 0 Å². The number of carbonyl (C=O) groups is 1. The first kappa shape index (κ1) is 17.6. The molecule has 0 fully saturated rings. The number of hydrogen-bond donors (Lipinski definition) is 2. The molecule has 5 nitrogen and oxygen atoms in total. The third-order valence-corrected chi connectivity index (χ3v) is 3.45. The molecule has 0 aromatic heterocycles. The van der Waals surface area contributed by atoms with E-state index in [0.717, 1.165) is 17.7 Å². The molecule has 118 valence electrons. The van der Waals surface area contributed by atoms with Gasteiger partial charge in [0, 0.05) is 12.8 Å².